The van der Waals surface area contributed by atoms with Crippen LogP contribution in [0.3, 0.4) is 0 Å². The molecule has 0 unspecified atom stereocenters. The van der Waals surface area contributed by atoms with E-state index in [4.69, 9.17) is 19.9 Å². The molecule has 0 saturated carbocycles. The van der Waals surface area contributed by atoms with Crippen LogP contribution in [0.4, 0.5) is 0 Å². The van der Waals surface area contributed by atoms with E-state index in [1.54, 1.807) is 0 Å². The largest absolute Gasteiger partial charge is 0.309 e. The van der Waals surface area contributed by atoms with E-state index in [0.29, 0.717) is 17.5 Å². The van der Waals surface area contributed by atoms with Crippen molar-refractivity contribution in [3.8, 4) is 67.9 Å². The molecule has 10 aromatic carbocycles. The van der Waals surface area contributed by atoms with Gasteiger partial charge < -0.3 is 9.13 Å². The van der Waals surface area contributed by atoms with Crippen LogP contribution in [0.2, 0.25) is 0 Å². The Morgan fingerprint density at radius 1 is 0.316 bits per heavy atom. The van der Waals surface area contributed by atoms with Gasteiger partial charge in [0.2, 0.25) is 0 Å². The van der Waals surface area contributed by atoms with Crippen molar-refractivity contribution in [2.24, 2.45) is 0 Å². The minimum atomic E-state index is 0.555. The van der Waals surface area contributed by atoms with E-state index in [0.717, 1.165) is 55.1 Å². The van der Waals surface area contributed by atoms with Crippen LogP contribution >= 0.6 is 22.7 Å². The number of hydrogen-bond donors (Lipinski definition) is 0. The Balaban J connectivity index is 0.970. The second kappa shape index (κ2) is 17.0. The van der Waals surface area contributed by atoms with Crippen LogP contribution in [-0.2, 0) is 0 Å². The summed E-state index contributed by atoms with van der Waals surface area (Å²) in [6, 6.07) is 84.3. The molecule has 0 N–H and O–H groups in total. The summed E-state index contributed by atoms with van der Waals surface area (Å²) in [7, 11) is 0. The Hall–Kier alpha value is -9.60. The van der Waals surface area contributed by atoms with Crippen LogP contribution in [0.15, 0.2) is 243 Å². The molecule has 354 valence electrons. The maximum Gasteiger partial charge on any atom is 0.166 e. The van der Waals surface area contributed by atoms with Gasteiger partial charge in [0, 0.05) is 113 Å². The second-order valence-electron chi connectivity index (χ2n) is 19.3. The van der Waals surface area contributed by atoms with Crippen LogP contribution in [0.1, 0.15) is 0 Å². The van der Waals surface area contributed by atoms with Gasteiger partial charge >= 0.3 is 0 Å². The first kappa shape index (κ1) is 42.9. The number of fused-ring (bicyclic) bond motifs is 14. The standard InChI is InChI=1S/C68H40N6S2/c1-5-19-41(20-6-1)66-70-67(42-21-7-2-8-22-42)72-68(71-66)54-39-43(46-29-17-30-51-59-57(75-64(46)51)37-35-49-47-27-13-15-33-55(47)73(62(49)59)44-23-9-3-10-24-44)40-69-61(54)53-32-18-31-52-60-58(76-65(52)53)38-36-50-48-28-14-16-34-56(48)74(63(50)60)45-25-11-4-12-26-45/h1-40H. The molecule has 0 spiro atoms. The van der Waals surface area contributed by atoms with Gasteiger partial charge in [-0.2, -0.15) is 0 Å². The molecule has 6 aromatic heterocycles. The van der Waals surface area contributed by atoms with Crippen molar-refractivity contribution in [3.05, 3.63) is 243 Å². The molecule has 0 atom stereocenters. The number of hydrogen-bond acceptors (Lipinski definition) is 6. The topological polar surface area (TPSA) is 61.4 Å². The molecule has 16 rings (SSSR count). The lowest BCUT2D eigenvalue weighted by Gasteiger charge is -2.14. The average Bonchev–Trinajstić information content (AvgIpc) is 4.34. The smallest absolute Gasteiger partial charge is 0.166 e. The molecule has 0 bridgehead atoms. The lowest BCUT2D eigenvalue weighted by Crippen LogP contribution is -2.02. The second-order valence-corrected chi connectivity index (χ2v) is 21.4. The highest BCUT2D eigenvalue weighted by molar-refractivity contribution is 7.27. The van der Waals surface area contributed by atoms with E-state index < -0.39 is 0 Å². The highest BCUT2D eigenvalue weighted by Gasteiger charge is 2.25. The highest BCUT2D eigenvalue weighted by atomic mass is 32.1. The van der Waals surface area contributed by atoms with Crippen LogP contribution in [0.25, 0.3) is 152 Å². The molecule has 0 aliphatic carbocycles. The molecule has 0 radical (unpaired) electrons. The fraction of sp³-hybridized carbons (Fsp3) is 0. The van der Waals surface area contributed by atoms with Crippen molar-refractivity contribution >= 4 is 107 Å². The van der Waals surface area contributed by atoms with Crippen molar-refractivity contribution in [2.45, 2.75) is 0 Å². The summed E-state index contributed by atoms with van der Waals surface area (Å²) in [5, 5.41) is 9.80. The molecule has 0 aliphatic heterocycles. The third kappa shape index (κ3) is 6.51. The minimum absolute atomic E-state index is 0.555. The maximum absolute atomic E-state index is 5.58. The molecular weight excluding hydrogens is 965 g/mol. The normalized spacial score (nSPS) is 11.9. The Labute approximate surface area is 443 Å². The number of benzene rings is 10. The van der Waals surface area contributed by atoms with Crippen molar-refractivity contribution in [2.75, 3.05) is 0 Å². The predicted molar refractivity (Wildman–Crippen MR) is 319 cm³/mol. The molecule has 0 aliphatic rings. The third-order valence-corrected chi connectivity index (χ3v) is 17.4. The van der Waals surface area contributed by atoms with Gasteiger partial charge in [0.25, 0.3) is 0 Å². The van der Waals surface area contributed by atoms with Crippen molar-refractivity contribution in [3.63, 3.8) is 0 Å². The first-order valence-electron chi connectivity index (χ1n) is 25.5. The Kier molecular flexibility index (Phi) is 9.57. The Morgan fingerprint density at radius 2 is 0.750 bits per heavy atom. The number of aromatic nitrogens is 6. The summed E-state index contributed by atoms with van der Waals surface area (Å²) in [4.78, 5) is 21.5. The number of para-hydroxylation sites is 4. The Morgan fingerprint density at radius 3 is 1.28 bits per heavy atom. The van der Waals surface area contributed by atoms with Crippen LogP contribution < -0.4 is 0 Å². The predicted octanol–water partition coefficient (Wildman–Crippen LogP) is 18.5. The lowest BCUT2D eigenvalue weighted by molar-refractivity contribution is 1.07. The van der Waals surface area contributed by atoms with Gasteiger partial charge in [-0.05, 0) is 54.6 Å². The van der Waals surface area contributed by atoms with E-state index in [2.05, 4.69) is 216 Å². The van der Waals surface area contributed by atoms with Gasteiger partial charge in [0.1, 0.15) is 0 Å². The van der Waals surface area contributed by atoms with Crippen LogP contribution in [-0.4, -0.2) is 29.1 Å². The van der Waals surface area contributed by atoms with E-state index in [1.165, 1.54) is 79.3 Å². The summed E-state index contributed by atoms with van der Waals surface area (Å²) in [5.74, 6) is 1.75. The number of pyridine rings is 1. The molecule has 6 nitrogen and oxygen atoms in total. The van der Waals surface area contributed by atoms with Crippen LogP contribution in [0.5, 0.6) is 0 Å². The molecule has 8 heteroatoms. The van der Waals surface area contributed by atoms with Crippen molar-refractivity contribution in [1.29, 1.82) is 0 Å². The van der Waals surface area contributed by atoms with Gasteiger partial charge in [-0.25, -0.2) is 15.0 Å². The highest BCUT2D eigenvalue weighted by Crippen LogP contribution is 2.49. The quantitative estimate of drug-likeness (QED) is 0.160. The molecule has 0 saturated heterocycles. The first-order valence-corrected chi connectivity index (χ1v) is 27.1. The summed E-state index contributed by atoms with van der Waals surface area (Å²) in [5.41, 5.74) is 13.6. The van der Waals surface area contributed by atoms with Crippen molar-refractivity contribution < 1.29 is 0 Å². The number of thiophene rings is 2. The molecule has 0 amide bonds. The summed E-state index contributed by atoms with van der Waals surface area (Å²) in [6.07, 6.45) is 2.06. The molecule has 0 fully saturated rings. The zero-order chi connectivity index (χ0) is 49.8. The Bertz CT molecular complexity index is 4920. The fourth-order valence-corrected chi connectivity index (χ4v) is 14.2. The maximum atomic E-state index is 5.58. The average molecular weight is 1010 g/mol. The number of nitrogens with zero attached hydrogens (tertiary/aromatic N) is 6. The molecular formula is C68H40N6S2. The van der Waals surface area contributed by atoms with E-state index in [-0.39, 0.29) is 0 Å². The van der Waals surface area contributed by atoms with Crippen molar-refractivity contribution in [1.82, 2.24) is 29.1 Å². The van der Waals surface area contributed by atoms with Gasteiger partial charge in [0.15, 0.2) is 17.5 Å². The number of rotatable bonds is 7. The third-order valence-electron chi connectivity index (χ3n) is 15.0. The van der Waals surface area contributed by atoms with E-state index in [1.807, 2.05) is 59.1 Å². The first-order chi connectivity index (χ1) is 37.7. The summed E-state index contributed by atoms with van der Waals surface area (Å²) < 4.78 is 9.67. The van der Waals surface area contributed by atoms with Crippen LogP contribution in [0, 0.1) is 0 Å². The van der Waals surface area contributed by atoms with E-state index >= 15 is 0 Å². The molecule has 6 heterocycles. The SMILES string of the molecule is c1ccc(-c2nc(-c3ccccc3)nc(-c3cc(-c4cccc5c4sc4ccc6c7ccccc7n(-c7ccccc7)c6c45)cnc3-c3cccc4c3sc3ccc5c6ccccc6n(-c6ccccc6)c5c34)n2)cc1. The van der Waals surface area contributed by atoms with E-state index in [9.17, 15) is 0 Å². The minimum Gasteiger partial charge on any atom is -0.309 e. The van der Waals surface area contributed by atoms with Gasteiger partial charge in [-0.3, -0.25) is 4.98 Å². The monoisotopic (exact) mass is 1000 g/mol. The molecule has 16 aromatic rings. The fourth-order valence-electron chi connectivity index (χ4n) is 11.7. The van der Waals surface area contributed by atoms with Gasteiger partial charge in [0.05, 0.1) is 27.8 Å². The molecule has 76 heavy (non-hydrogen) atoms. The van der Waals surface area contributed by atoms with Gasteiger partial charge in [-0.1, -0.05) is 182 Å². The summed E-state index contributed by atoms with van der Waals surface area (Å²) >= 11 is 3.65. The lowest BCUT2D eigenvalue weighted by atomic mass is 9.97. The van der Waals surface area contributed by atoms with Gasteiger partial charge in [-0.15, -0.1) is 22.7 Å². The zero-order valence-electron chi connectivity index (χ0n) is 40.6. The summed E-state index contributed by atoms with van der Waals surface area (Å²) in [6.45, 7) is 0. The zero-order valence-corrected chi connectivity index (χ0v) is 42.2.